The first kappa shape index (κ1) is 21.0. The number of nitrogens with zero attached hydrogens (tertiary/aromatic N) is 2. The molecule has 0 atom stereocenters. The van der Waals surface area contributed by atoms with E-state index in [1.165, 1.54) is 0 Å². The van der Waals surface area contributed by atoms with E-state index in [2.05, 4.69) is 0 Å². The molecule has 0 saturated carbocycles. The van der Waals surface area contributed by atoms with E-state index in [0.29, 0.717) is 28.3 Å². The molecular formula is C24H19Cl3N2O. The second-order valence-electron chi connectivity index (χ2n) is 6.91. The second kappa shape index (κ2) is 9.23. The van der Waals surface area contributed by atoms with Gasteiger partial charge in [-0.1, -0.05) is 77.3 Å². The highest BCUT2D eigenvalue weighted by Crippen LogP contribution is 2.33. The van der Waals surface area contributed by atoms with Crippen LogP contribution in [0.4, 0.5) is 0 Å². The predicted octanol–water partition coefficient (Wildman–Crippen LogP) is 7.52. The van der Waals surface area contributed by atoms with Gasteiger partial charge in [0.2, 0.25) is 0 Å². The van der Waals surface area contributed by atoms with Gasteiger partial charge in [-0.05, 0) is 42.8 Å². The van der Waals surface area contributed by atoms with Crippen molar-refractivity contribution in [2.75, 3.05) is 0 Å². The number of benzene rings is 3. The number of halogens is 3. The monoisotopic (exact) mass is 456 g/mol. The summed E-state index contributed by atoms with van der Waals surface area (Å²) in [5, 5.41) is 6.61. The first-order valence-electron chi connectivity index (χ1n) is 9.44. The maximum atomic E-state index is 6.50. The first-order valence-corrected chi connectivity index (χ1v) is 10.6. The normalized spacial score (nSPS) is 11.1. The third kappa shape index (κ3) is 4.55. The van der Waals surface area contributed by atoms with Crippen LogP contribution in [0, 0.1) is 6.92 Å². The molecule has 0 saturated heterocycles. The summed E-state index contributed by atoms with van der Waals surface area (Å²) in [5.41, 5.74) is 5.67. The van der Waals surface area contributed by atoms with E-state index in [1.807, 2.05) is 72.3 Å². The van der Waals surface area contributed by atoms with Crippen molar-refractivity contribution in [1.29, 1.82) is 0 Å². The number of rotatable bonds is 6. The molecule has 4 aromatic rings. The van der Waals surface area contributed by atoms with Crippen LogP contribution >= 0.6 is 34.8 Å². The zero-order valence-electron chi connectivity index (χ0n) is 16.3. The lowest BCUT2D eigenvalue weighted by molar-refractivity contribution is 0.104. The highest BCUT2D eigenvalue weighted by molar-refractivity contribution is 6.35. The fourth-order valence-corrected chi connectivity index (χ4v) is 3.91. The van der Waals surface area contributed by atoms with E-state index >= 15 is 0 Å². The van der Waals surface area contributed by atoms with Crippen molar-refractivity contribution < 1.29 is 4.74 Å². The van der Waals surface area contributed by atoms with Gasteiger partial charge in [0, 0.05) is 21.2 Å². The van der Waals surface area contributed by atoms with Crippen LogP contribution < -0.4 is 0 Å². The molecule has 0 N–H and O–H groups in total. The zero-order valence-corrected chi connectivity index (χ0v) is 18.5. The molecule has 0 radical (unpaired) electrons. The quantitative estimate of drug-likeness (QED) is 0.299. The van der Waals surface area contributed by atoms with Gasteiger partial charge in [0.25, 0.3) is 0 Å². The summed E-state index contributed by atoms with van der Waals surface area (Å²) in [6.07, 6.45) is 0. The number of aromatic nitrogens is 2. The van der Waals surface area contributed by atoms with Gasteiger partial charge in [0.15, 0.2) is 0 Å². The van der Waals surface area contributed by atoms with Crippen molar-refractivity contribution in [3.8, 4) is 16.9 Å². The molecule has 0 amide bonds. The van der Waals surface area contributed by atoms with Gasteiger partial charge in [-0.25, -0.2) is 4.68 Å². The Kier molecular flexibility index (Phi) is 6.45. The van der Waals surface area contributed by atoms with E-state index < -0.39 is 0 Å². The Morgan fingerprint density at radius 2 is 1.53 bits per heavy atom. The summed E-state index contributed by atoms with van der Waals surface area (Å²) < 4.78 is 7.79. The summed E-state index contributed by atoms with van der Waals surface area (Å²) in [6, 6.07) is 23.1. The van der Waals surface area contributed by atoms with Crippen molar-refractivity contribution in [3.05, 3.63) is 105 Å². The van der Waals surface area contributed by atoms with E-state index in [-0.39, 0.29) is 0 Å². The fraction of sp³-hybridized carbons (Fsp3) is 0.125. The minimum Gasteiger partial charge on any atom is -0.370 e. The average molecular weight is 458 g/mol. The lowest BCUT2D eigenvalue weighted by atomic mass is 10.1. The number of hydrogen-bond donors (Lipinski definition) is 0. The fourth-order valence-electron chi connectivity index (χ4n) is 3.29. The Labute approximate surface area is 190 Å². The van der Waals surface area contributed by atoms with Crippen LogP contribution in [-0.4, -0.2) is 9.78 Å². The Bertz CT molecular complexity index is 1160. The molecule has 1 aromatic heterocycles. The van der Waals surface area contributed by atoms with Gasteiger partial charge >= 0.3 is 0 Å². The summed E-state index contributed by atoms with van der Waals surface area (Å²) in [6.45, 7) is 2.95. The van der Waals surface area contributed by atoms with Gasteiger partial charge < -0.3 is 4.74 Å². The van der Waals surface area contributed by atoms with Crippen LogP contribution in [0.5, 0.6) is 0 Å². The molecule has 0 bridgehead atoms. The van der Waals surface area contributed by atoms with Crippen LogP contribution in [0.3, 0.4) is 0 Å². The minimum atomic E-state index is 0.388. The van der Waals surface area contributed by atoms with Crippen LogP contribution in [0.25, 0.3) is 16.9 Å². The van der Waals surface area contributed by atoms with E-state index in [1.54, 1.807) is 12.1 Å². The van der Waals surface area contributed by atoms with Crippen molar-refractivity contribution in [2.24, 2.45) is 0 Å². The topological polar surface area (TPSA) is 27.1 Å². The molecule has 152 valence electrons. The molecule has 3 nitrogen and oxygen atoms in total. The predicted molar refractivity (Wildman–Crippen MR) is 124 cm³/mol. The molecule has 0 unspecified atom stereocenters. The maximum absolute atomic E-state index is 6.50. The van der Waals surface area contributed by atoms with E-state index in [4.69, 9.17) is 44.6 Å². The molecule has 1 heterocycles. The third-order valence-corrected chi connectivity index (χ3v) is 5.62. The number of ether oxygens (including phenoxy) is 1. The second-order valence-corrected chi connectivity index (χ2v) is 8.19. The standard InChI is InChI=1S/C24H19Cl3N2O/c1-16-22(15-30-14-17-5-3-2-4-6-17)28-29(23-12-11-20(26)13-21(23)27)24(16)18-7-9-19(25)10-8-18/h2-13H,14-15H2,1H3. The van der Waals surface area contributed by atoms with Gasteiger partial charge in [0.05, 0.1) is 35.3 Å². The minimum absolute atomic E-state index is 0.388. The Balaban J connectivity index is 1.72. The molecule has 0 aliphatic heterocycles. The molecule has 30 heavy (non-hydrogen) atoms. The summed E-state index contributed by atoms with van der Waals surface area (Å²) in [4.78, 5) is 0. The van der Waals surface area contributed by atoms with Crippen LogP contribution in [0.1, 0.15) is 16.8 Å². The van der Waals surface area contributed by atoms with Crippen LogP contribution in [0.15, 0.2) is 72.8 Å². The molecule has 3 aromatic carbocycles. The summed E-state index contributed by atoms with van der Waals surface area (Å²) >= 11 is 18.7. The van der Waals surface area contributed by atoms with E-state index in [0.717, 1.165) is 33.8 Å². The lowest BCUT2D eigenvalue weighted by Crippen LogP contribution is -2.01. The van der Waals surface area contributed by atoms with Crippen LogP contribution in [0.2, 0.25) is 15.1 Å². The molecule has 0 aliphatic rings. The van der Waals surface area contributed by atoms with Gasteiger partial charge in [-0.3, -0.25) is 0 Å². The Morgan fingerprint density at radius 1 is 0.833 bits per heavy atom. The lowest BCUT2D eigenvalue weighted by Gasteiger charge is -2.11. The van der Waals surface area contributed by atoms with Gasteiger partial charge in [-0.15, -0.1) is 0 Å². The highest BCUT2D eigenvalue weighted by Gasteiger charge is 2.19. The third-order valence-electron chi connectivity index (χ3n) is 4.83. The molecule has 4 rings (SSSR count). The molecule has 0 spiro atoms. The van der Waals surface area contributed by atoms with Gasteiger partial charge in [0.1, 0.15) is 0 Å². The molecular weight excluding hydrogens is 439 g/mol. The number of hydrogen-bond acceptors (Lipinski definition) is 2. The highest BCUT2D eigenvalue weighted by atomic mass is 35.5. The molecule has 6 heteroatoms. The maximum Gasteiger partial charge on any atom is 0.0922 e. The molecule has 0 fully saturated rings. The van der Waals surface area contributed by atoms with E-state index in [9.17, 15) is 0 Å². The summed E-state index contributed by atoms with van der Waals surface area (Å²) in [5.74, 6) is 0. The average Bonchev–Trinajstić information content (AvgIpc) is 3.05. The van der Waals surface area contributed by atoms with Crippen LogP contribution in [-0.2, 0) is 18.0 Å². The summed E-state index contributed by atoms with van der Waals surface area (Å²) in [7, 11) is 0. The molecule has 0 aliphatic carbocycles. The zero-order chi connectivity index (χ0) is 21.1. The smallest absolute Gasteiger partial charge is 0.0922 e. The Morgan fingerprint density at radius 3 is 2.23 bits per heavy atom. The van der Waals surface area contributed by atoms with Gasteiger partial charge in [-0.2, -0.15) is 5.10 Å². The van der Waals surface area contributed by atoms with Crippen molar-refractivity contribution >= 4 is 34.8 Å². The first-order chi connectivity index (χ1) is 14.5. The largest absolute Gasteiger partial charge is 0.370 e. The Hall–Kier alpha value is -2.30. The van der Waals surface area contributed by atoms with Crippen molar-refractivity contribution in [3.63, 3.8) is 0 Å². The SMILES string of the molecule is Cc1c(COCc2ccccc2)nn(-c2ccc(Cl)cc2Cl)c1-c1ccc(Cl)cc1. The van der Waals surface area contributed by atoms with Crippen molar-refractivity contribution in [1.82, 2.24) is 9.78 Å². The van der Waals surface area contributed by atoms with Crippen molar-refractivity contribution in [2.45, 2.75) is 20.1 Å².